The summed E-state index contributed by atoms with van der Waals surface area (Å²) in [6, 6.07) is 10.9. The van der Waals surface area contributed by atoms with Crippen molar-refractivity contribution in [2.45, 2.75) is 100 Å². The lowest BCUT2D eigenvalue weighted by molar-refractivity contribution is -0.292. The van der Waals surface area contributed by atoms with Gasteiger partial charge in [0.25, 0.3) is 0 Å². The molecule has 2 saturated heterocycles. The van der Waals surface area contributed by atoms with Gasteiger partial charge in [-0.15, -0.1) is 0 Å². The summed E-state index contributed by atoms with van der Waals surface area (Å²) < 4.78 is 211. The van der Waals surface area contributed by atoms with Gasteiger partial charge in [0.2, 0.25) is 5.78 Å². The number of anilines is 1. The van der Waals surface area contributed by atoms with Crippen LogP contribution in [0.15, 0.2) is 61.7 Å². The SMILES string of the molecule is C.C=Cc1ccc(CC(=O)C(F)(F)S(=O)(=O)OC(CC2(C)OCCCO2)C(F)(F)F)cc1.C=Cc1ccc(NC(=O)C(F)(F)S(=O)(=O)F)cc1.CC1(CC(O)C(F)(F)F)OCCCO1. The Labute approximate surface area is 361 Å². The van der Waals surface area contributed by atoms with Crippen LogP contribution in [0.25, 0.3) is 12.2 Å². The summed E-state index contributed by atoms with van der Waals surface area (Å²) in [7, 11) is -12.6. The Bertz CT molecular complexity index is 2070. The van der Waals surface area contributed by atoms with Crippen molar-refractivity contribution in [2.24, 2.45) is 0 Å². The van der Waals surface area contributed by atoms with Crippen molar-refractivity contribution in [1.29, 1.82) is 0 Å². The third-order valence-electron chi connectivity index (χ3n) is 8.51. The molecule has 26 heteroatoms. The number of amides is 1. The molecule has 2 fully saturated rings. The number of ether oxygens (including phenoxy) is 4. The summed E-state index contributed by atoms with van der Waals surface area (Å²) in [5.41, 5.74) is 1.23. The number of halogens is 11. The molecule has 0 spiro atoms. The molecule has 64 heavy (non-hydrogen) atoms. The highest BCUT2D eigenvalue weighted by atomic mass is 32.3. The summed E-state index contributed by atoms with van der Waals surface area (Å²) in [5.74, 6) is -7.58. The number of ketones is 1. The normalized spacial score (nSPS) is 17.7. The van der Waals surface area contributed by atoms with E-state index in [1.54, 1.807) is 5.32 Å². The zero-order chi connectivity index (χ0) is 48.3. The highest BCUT2D eigenvalue weighted by molar-refractivity contribution is 7.88. The number of Topliss-reactive ketones (excluding diaryl/α,β-unsaturated/α-hetero) is 1. The van der Waals surface area contributed by atoms with Crippen LogP contribution in [-0.2, 0) is 59.5 Å². The first-order valence-corrected chi connectivity index (χ1v) is 20.8. The number of carbonyl (C=O) groups excluding carboxylic acids is 2. The zero-order valence-electron chi connectivity index (χ0n) is 33.1. The van der Waals surface area contributed by atoms with Crippen LogP contribution in [0.5, 0.6) is 0 Å². The van der Waals surface area contributed by atoms with Gasteiger partial charge in [0, 0.05) is 24.9 Å². The molecule has 2 aliphatic rings. The summed E-state index contributed by atoms with van der Waals surface area (Å²) in [6.45, 7) is 10.3. The number of aliphatic hydroxyl groups excluding tert-OH is 1. The number of rotatable bonds is 15. The van der Waals surface area contributed by atoms with Crippen LogP contribution in [0.3, 0.4) is 0 Å². The Morgan fingerprint density at radius 1 is 0.734 bits per heavy atom. The first-order valence-electron chi connectivity index (χ1n) is 18.0. The van der Waals surface area contributed by atoms with Crippen LogP contribution in [0.1, 0.15) is 63.6 Å². The molecular weight excluding hydrogens is 936 g/mol. The van der Waals surface area contributed by atoms with E-state index in [0.29, 0.717) is 37.2 Å². The minimum atomic E-state index is -6.30. The molecule has 364 valence electrons. The number of benzene rings is 2. The number of aliphatic hydroxyl groups is 1. The molecule has 0 radical (unpaired) electrons. The van der Waals surface area contributed by atoms with Crippen LogP contribution in [0, 0.1) is 0 Å². The van der Waals surface area contributed by atoms with Gasteiger partial charge in [0.05, 0.1) is 26.4 Å². The zero-order valence-corrected chi connectivity index (χ0v) is 34.8. The highest BCUT2D eigenvalue weighted by Crippen LogP contribution is 2.37. The molecule has 2 atom stereocenters. The standard InChI is InChI=1S/C19H21F5O6S.C10H8F3NO3S.C8H13F3O3.CH4/c1-3-13-5-7-14(8-6-13)11-15(25)19(23,24)31(26,27)30-16(18(20,21)22)12-17(2)28-9-4-10-29-17;1-2-7-3-5-8(6-4-7)14-9(15)10(11,12)18(13,16)17;1-7(13-3-2-4-14-7)5-6(12)8(9,10)11;/h3,5-8,16H,1,4,9-12H2,2H3;2-6H,1H2,(H,14,15);6,12H,2-5H2,1H3;1H4. The van der Waals surface area contributed by atoms with E-state index in [2.05, 4.69) is 17.3 Å². The summed E-state index contributed by atoms with van der Waals surface area (Å²) in [5, 5.41) is 0.0893. The molecule has 2 N–H and O–H groups in total. The minimum Gasteiger partial charge on any atom is -0.383 e. The lowest BCUT2D eigenvalue weighted by Gasteiger charge is -2.36. The van der Waals surface area contributed by atoms with Crippen LogP contribution < -0.4 is 5.32 Å². The van der Waals surface area contributed by atoms with Crippen molar-refractivity contribution < 1.29 is 102 Å². The Balaban J connectivity index is 0.000000525. The lowest BCUT2D eigenvalue weighted by atomic mass is 10.1. The summed E-state index contributed by atoms with van der Waals surface area (Å²) in [6.07, 6.45) is -14.4. The fourth-order valence-electron chi connectivity index (χ4n) is 5.03. The third kappa shape index (κ3) is 17.1. The molecule has 0 aliphatic carbocycles. The average molecular weight is 982 g/mol. The van der Waals surface area contributed by atoms with E-state index in [0.717, 1.165) is 6.92 Å². The van der Waals surface area contributed by atoms with Gasteiger partial charge in [-0.05, 0) is 55.5 Å². The van der Waals surface area contributed by atoms with Crippen molar-refractivity contribution in [1.82, 2.24) is 0 Å². The molecule has 1 amide bonds. The van der Waals surface area contributed by atoms with Crippen LogP contribution in [0.4, 0.5) is 53.5 Å². The van der Waals surface area contributed by atoms with Crippen LogP contribution in [0.2, 0.25) is 0 Å². The number of alkyl halides is 10. The van der Waals surface area contributed by atoms with E-state index in [9.17, 15) is 74.2 Å². The van der Waals surface area contributed by atoms with Gasteiger partial charge < -0.3 is 29.4 Å². The van der Waals surface area contributed by atoms with Crippen LogP contribution in [-0.4, -0.2) is 107 Å². The number of nitrogens with one attached hydrogen (secondary N) is 1. The fourth-order valence-corrected chi connectivity index (χ4v) is 6.25. The van der Waals surface area contributed by atoms with Crippen molar-refractivity contribution in [3.05, 3.63) is 78.4 Å². The van der Waals surface area contributed by atoms with Crippen molar-refractivity contribution in [3.63, 3.8) is 0 Å². The Kier molecular flexibility index (Phi) is 20.8. The number of hydrogen-bond donors (Lipinski definition) is 2. The molecule has 2 aromatic rings. The summed E-state index contributed by atoms with van der Waals surface area (Å²) in [4.78, 5) is 22.9. The highest BCUT2D eigenvalue weighted by Gasteiger charge is 2.58. The topological polar surface area (TPSA) is 181 Å². The second-order valence-electron chi connectivity index (χ2n) is 13.7. The molecule has 0 saturated carbocycles. The van der Waals surface area contributed by atoms with Gasteiger partial charge in [0.1, 0.15) is 0 Å². The maximum absolute atomic E-state index is 14.3. The van der Waals surface area contributed by atoms with Crippen molar-refractivity contribution >= 4 is 49.9 Å². The lowest BCUT2D eigenvalue weighted by Crippen LogP contribution is -2.49. The molecule has 2 aromatic carbocycles. The summed E-state index contributed by atoms with van der Waals surface area (Å²) >= 11 is 0. The maximum atomic E-state index is 14.3. The molecule has 13 nitrogen and oxygen atoms in total. The van der Waals surface area contributed by atoms with Gasteiger partial charge >= 0.3 is 49.1 Å². The van der Waals surface area contributed by atoms with E-state index in [1.807, 2.05) is 0 Å². The predicted octanol–water partition coefficient (Wildman–Crippen LogP) is 8.10. The smallest absolute Gasteiger partial charge is 0.383 e. The van der Waals surface area contributed by atoms with E-state index >= 15 is 0 Å². The third-order valence-corrected chi connectivity index (χ3v) is 10.6. The minimum absolute atomic E-state index is 0. The molecule has 2 unspecified atom stereocenters. The van der Waals surface area contributed by atoms with E-state index < -0.39 is 97.9 Å². The first kappa shape index (κ1) is 58.0. The van der Waals surface area contributed by atoms with E-state index in [4.69, 9.17) is 24.1 Å². The molecule has 0 aromatic heterocycles. The Hall–Kier alpha value is -4.05. The van der Waals surface area contributed by atoms with Gasteiger partial charge in [0.15, 0.2) is 23.8 Å². The molecule has 2 heterocycles. The van der Waals surface area contributed by atoms with Crippen LogP contribution >= 0.6 is 0 Å². The number of hydrogen-bond acceptors (Lipinski definition) is 12. The average Bonchev–Trinajstić information content (AvgIpc) is 3.17. The number of carbonyl (C=O) groups is 2. The second-order valence-corrected chi connectivity index (χ2v) is 16.7. The van der Waals surface area contributed by atoms with E-state index in [1.165, 1.54) is 67.6 Å². The van der Waals surface area contributed by atoms with E-state index in [-0.39, 0.29) is 31.9 Å². The largest absolute Gasteiger partial charge is 0.451 e. The maximum Gasteiger partial charge on any atom is 0.451 e. The first-order chi connectivity index (χ1) is 28.7. The van der Waals surface area contributed by atoms with Crippen molar-refractivity contribution in [3.8, 4) is 0 Å². The molecular formula is C38H46F11NO12S2. The molecule has 2 aliphatic heterocycles. The molecule has 4 rings (SSSR count). The monoisotopic (exact) mass is 981 g/mol. The van der Waals surface area contributed by atoms with Gasteiger partial charge in [-0.1, -0.05) is 73.0 Å². The van der Waals surface area contributed by atoms with Gasteiger partial charge in [-0.2, -0.15) is 60.7 Å². The quantitative estimate of drug-likeness (QED) is 0.0996. The Morgan fingerprint density at radius 3 is 1.52 bits per heavy atom. The molecule has 0 bridgehead atoms. The van der Waals surface area contributed by atoms with Crippen molar-refractivity contribution in [2.75, 3.05) is 31.7 Å². The predicted molar refractivity (Wildman–Crippen MR) is 208 cm³/mol. The fraction of sp³-hybridized carbons (Fsp3) is 0.526. The van der Waals surface area contributed by atoms with Gasteiger partial charge in [-0.25, -0.2) is 0 Å². The Morgan fingerprint density at radius 2 is 1.14 bits per heavy atom. The second kappa shape index (κ2) is 22.9. The van der Waals surface area contributed by atoms with Gasteiger partial charge in [-0.3, -0.25) is 13.8 Å².